The summed E-state index contributed by atoms with van der Waals surface area (Å²) in [5.74, 6) is 1.61. The highest BCUT2D eigenvalue weighted by Gasteiger charge is 2.10. The van der Waals surface area contributed by atoms with Crippen molar-refractivity contribution in [1.29, 1.82) is 0 Å². The predicted octanol–water partition coefficient (Wildman–Crippen LogP) is 4.14. The van der Waals surface area contributed by atoms with Crippen LogP contribution in [0, 0.1) is 10.5 Å². The molecule has 0 saturated carbocycles. The molecule has 1 aromatic carbocycles. The molecule has 0 radical (unpaired) electrons. The van der Waals surface area contributed by atoms with Crippen molar-refractivity contribution in [3.63, 3.8) is 0 Å². The van der Waals surface area contributed by atoms with Crippen molar-refractivity contribution < 1.29 is 0 Å². The van der Waals surface area contributed by atoms with Gasteiger partial charge in [0.2, 0.25) is 0 Å². The molecule has 0 aliphatic carbocycles. The van der Waals surface area contributed by atoms with Crippen molar-refractivity contribution in [2.75, 3.05) is 11.9 Å². The van der Waals surface area contributed by atoms with Crippen LogP contribution in [0.3, 0.4) is 0 Å². The minimum Gasteiger partial charge on any atom is -0.369 e. The molecule has 94 valence electrons. The van der Waals surface area contributed by atoms with Gasteiger partial charge in [-0.15, -0.1) is 0 Å². The number of rotatable bonds is 3. The Balaban J connectivity index is 2.48. The van der Waals surface area contributed by atoms with Gasteiger partial charge in [0.05, 0.1) is 9.26 Å². The van der Waals surface area contributed by atoms with Crippen molar-refractivity contribution in [2.45, 2.75) is 13.8 Å². The van der Waals surface area contributed by atoms with Crippen LogP contribution >= 0.6 is 34.2 Å². The average molecular weight is 374 g/mol. The van der Waals surface area contributed by atoms with Gasteiger partial charge in [0.1, 0.15) is 5.82 Å². The molecule has 0 atom stereocenters. The molecule has 2 aromatic rings. The van der Waals surface area contributed by atoms with Gasteiger partial charge in [-0.3, -0.25) is 0 Å². The standard InChI is InChI=1S/C13H13ClIN3/c1-3-16-13-11(15)8(2)17-12(18-13)9-4-6-10(14)7-5-9/h4-7H,3H2,1-2H3,(H,16,17,18). The van der Waals surface area contributed by atoms with E-state index in [9.17, 15) is 0 Å². The Kier molecular flexibility index (Phi) is 4.40. The molecule has 0 amide bonds. The Bertz CT molecular complexity index is 555. The average Bonchev–Trinajstić information content (AvgIpc) is 2.36. The first-order valence-corrected chi connectivity index (χ1v) is 7.11. The smallest absolute Gasteiger partial charge is 0.161 e. The molecule has 0 spiro atoms. The van der Waals surface area contributed by atoms with Gasteiger partial charge in [0.15, 0.2) is 5.82 Å². The summed E-state index contributed by atoms with van der Waals surface area (Å²) in [7, 11) is 0. The molecule has 0 bridgehead atoms. The van der Waals surface area contributed by atoms with Crippen LogP contribution in [0.5, 0.6) is 0 Å². The summed E-state index contributed by atoms with van der Waals surface area (Å²) < 4.78 is 1.06. The lowest BCUT2D eigenvalue weighted by atomic mass is 10.2. The molecule has 1 N–H and O–H groups in total. The SMILES string of the molecule is CCNc1nc(-c2ccc(Cl)cc2)nc(C)c1I. The van der Waals surface area contributed by atoms with E-state index in [2.05, 4.69) is 44.8 Å². The van der Waals surface area contributed by atoms with Crippen LogP contribution in [-0.4, -0.2) is 16.5 Å². The van der Waals surface area contributed by atoms with E-state index >= 15 is 0 Å². The lowest BCUT2D eigenvalue weighted by Gasteiger charge is -2.10. The predicted molar refractivity (Wildman–Crippen MR) is 84.1 cm³/mol. The maximum atomic E-state index is 5.88. The van der Waals surface area contributed by atoms with Crippen LogP contribution in [0.1, 0.15) is 12.6 Å². The fraction of sp³-hybridized carbons (Fsp3) is 0.231. The van der Waals surface area contributed by atoms with E-state index in [0.29, 0.717) is 5.02 Å². The molecule has 1 aromatic heterocycles. The van der Waals surface area contributed by atoms with Crippen LogP contribution in [0.4, 0.5) is 5.82 Å². The van der Waals surface area contributed by atoms with E-state index < -0.39 is 0 Å². The van der Waals surface area contributed by atoms with Gasteiger partial charge in [-0.05, 0) is 60.7 Å². The summed E-state index contributed by atoms with van der Waals surface area (Å²) in [4.78, 5) is 9.06. The maximum absolute atomic E-state index is 5.88. The van der Waals surface area contributed by atoms with Crippen molar-refractivity contribution >= 4 is 40.0 Å². The summed E-state index contributed by atoms with van der Waals surface area (Å²) >= 11 is 8.14. The molecule has 0 saturated heterocycles. The summed E-state index contributed by atoms with van der Waals surface area (Å²) in [5.41, 5.74) is 1.95. The fourth-order valence-corrected chi connectivity index (χ4v) is 2.13. The number of aryl methyl sites for hydroxylation is 1. The summed E-state index contributed by atoms with van der Waals surface area (Å²) in [6.07, 6.45) is 0. The topological polar surface area (TPSA) is 37.8 Å². The van der Waals surface area contributed by atoms with Crippen LogP contribution in [0.2, 0.25) is 5.02 Å². The third-order valence-corrected chi connectivity index (χ3v) is 4.01. The van der Waals surface area contributed by atoms with E-state index in [1.807, 2.05) is 31.2 Å². The Morgan fingerprint density at radius 3 is 2.50 bits per heavy atom. The minimum absolute atomic E-state index is 0.716. The van der Waals surface area contributed by atoms with E-state index in [4.69, 9.17) is 11.6 Å². The molecular weight excluding hydrogens is 361 g/mol. The first kappa shape index (κ1) is 13.5. The number of hydrogen-bond donors (Lipinski definition) is 1. The van der Waals surface area contributed by atoms with Gasteiger partial charge >= 0.3 is 0 Å². The van der Waals surface area contributed by atoms with Crippen LogP contribution in [0.15, 0.2) is 24.3 Å². The number of hydrogen-bond acceptors (Lipinski definition) is 3. The summed E-state index contributed by atoms with van der Waals surface area (Å²) in [6, 6.07) is 7.56. The highest BCUT2D eigenvalue weighted by atomic mass is 127. The van der Waals surface area contributed by atoms with E-state index in [-0.39, 0.29) is 0 Å². The molecule has 0 aliphatic heterocycles. The lowest BCUT2D eigenvalue weighted by Crippen LogP contribution is -2.06. The van der Waals surface area contributed by atoms with Crippen molar-refractivity contribution in [3.05, 3.63) is 38.6 Å². The van der Waals surface area contributed by atoms with E-state index in [1.54, 1.807) is 0 Å². The van der Waals surface area contributed by atoms with Crippen molar-refractivity contribution in [2.24, 2.45) is 0 Å². The van der Waals surface area contributed by atoms with Crippen molar-refractivity contribution in [1.82, 2.24) is 9.97 Å². The molecule has 1 heterocycles. The monoisotopic (exact) mass is 373 g/mol. The molecule has 2 rings (SSSR count). The second-order valence-electron chi connectivity index (χ2n) is 3.83. The van der Waals surface area contributed by atoms with Crippen LogP contribution in [0.25, 0.3) is 11.4 Å². The molecule has 0 fully saturated rings. The lowest BCUT2D eigenvalue weighted by molar-refractivity contribution is 1.06. The number of aromatic nitrogens is 2. The van der Waals surface area contributed by atoms with Crippen LogP contribution in [-0.2, 0) is 0 Å². The largest absolute Gasteiger partial charge is 0.369 e. The van der Waals surface area contributed by atoms with Gasteiger partial charge < -0.3 is 5.32 Å². The molecular formula is C13H13ClIN3. The van der Waals surface area contributed by atoms with E-state index in [1.165, 1.54) is 0 Å². The maximum Gasteiger partial charge on any atom is 0.161 e. The molecule has 18 heavy (non-hydrogen) atoms. The molecule has 0 aliphatic rings. The minimum atomic E-state index is 0.716. The Labute approximate surface area is 125 Å². The summed E-state index contributed by atoms with van der Waals surface area (Å²) in [5, 5.41) is 3.97. The molecule has 3 nitrogen and oxygen atoms in total. The Hall–Kier alpha value is -0.880. The Morgan fingerprint density at radius 2 is 1.89 bits per heavy atom. The van der Waals surface area contributed by atoms with E-state index in [0.717, 1.165) is 33.0 Å². The zero-order valence-corrected chi connectivity index (χ0v) is 13.1. The number of nitrogens with zero attached hydrogens (tertiary/aromatic N) is 2. The third-order valence-electron chi connectivity index (χ3n) is 2.46. The number of nitrogens with one attached hydrogen (secondary N) is 1. The second kappa shape index (κ2) is 5.84. The Morgan fingerprint density at radius 1 is 1.22 bits per heavy atom. The number of benzene rings is 1. The number of anilines is 1. The zero-order chi connectivity index (χ0) is 13.1. The summed E-state index contributed by atoms with van der Waals surface area (Å²) in [6.45, 7) is 4.88. The third kappa shape index (κ3) is 2.92. The highest BCUT2D eigenvalue weighted by Crippen LogP contribution is 2.24. The van der Waals surface area contributed by atoms with Gasteiger partial charge in [0, 0.05) is 17.1 Å². The first-order chi connectivity index (χ1) is 8.61. The molecule has 5 heteroatoms. The number of halogens is 2. The van der Waals surface area contributed by atoms with Gasteiger partial charge in [-0.2, -0.15) is 0 Å². The molecule has 0 unspecified atom stereocenters. The zero-order valence-electron chi connectivity index (χ0n) is 10.2. The fourth-order valence-electron chi connectivity index (χ4n) is 1.57. The van der Waals surface area contributed by atoms with Gasteiger partial charge in [-0.25, -0.2) is 9.97 Å². The highest BCUT2D eigenvalue weighted by molar-refractivity contribution is 14.1. The van der Waals surface area contributed by atoms with Crippen molar-refractivity contribution in [3.8, 4) is 11.4 Å². The quantitative estimate of drug-likeness (QED) is 0.822. The second-order valence-corrected chi connectivity index (χ2v) is 5.35. The normalized spacial score (nSPS) is 10.4. The van der Waals surface area contributed by atoms with Crippen LogP contribution < -0.4 is 5.32 Å². The first-order valence-electron chi connectivity index (χ1n) is 5.65. The van der Waals surface area contributed by atoms with Gasteiger partial charge in [-0.1, -0.05) is 11.6 Å². The van der Waals surface area contributed by atoms with Gasteiger partial charge in [0.25, 0.3) is 0 Å².